The second-order valence-electron chi connectivity index (χ2n) is 5.31. The van der Waals surface area contributed by atoms with Gasteiger partial charge < -0.3 is 4.74 Å². The van der Waals surface area contributed by atoms with E-state index in [0.717, 1.165) is 30.6 Å². The Balaban J connectivity index is 2.22. The summed E-state index contributed by atoms with van der Waals surface area (Å²) in [6.07, 6.45) is 4.86. The number of nitrogens with zero attached hydrogens (tertiary/aromatic N) is 1. The van der Waals surface area contributed by atoms with Gasteiger partial charge in [-0.15, -0.1) is 0 Å². The molecule has 2 unspecified atom stereocenters. The largest absolute Gasteiger partial charge is 0.406 e. The molecule has 0 aromatic rings. The summed E-state index contributed by atoms with van der Waals surface area (Å²) in [7, 11) is 0. The number of ether oxygens (including phenoxy) is 1. The smallest absolute Gasteiger partial charge is 0.339 e. The van der Waals surface area contributed by atoms with Gasteiger partial charge in [0.2, 0.25) is 17.7 Å². The van der Waals surface area contributed by atoms with Crippen molar-refractivity contribution in [1.29, 1.82) is 0 Å². The molecular weight excluding hydrogens is 258 g/mol. The maximum Gasteiger partial charge on any atom is 0.339 e. The van der Waals surface area contributed by atoms with Gasteiger partial charge in [0, 0.05) is 5.57 Å². The Bertz CT molecular complexity index is 482. The number of rotatable bonds is 3. The molecule has 2 fully saturated rings. The first-order chi connectivity index (χ1) is 9.47. The molecule has 5 heteroatoms. The van der Waals surface area contributed by atoms with Crippen LogP contribution < -0.4 is 0 Å². The minimum absolute atomic E-state index is 0.00222. The summed E-state index contributed by atoms with van der Waals surface area (Å²) in [5.74, 6) is -1.63. The van der Waals surface area contributed by atoms with Crippen LogP contribution in [0.15, 0.2) is 24.1 Å². The number of allylic oxidation sites excluding steroid dienone is 1. The van der Waals surface area contributed by atoms with E-state index in [0.29, 0.717) is 0 Å². The van der Waals surface area contributed by atoms with Gasteiger partial charge in [-0.3, -0.25) is 9.59 Å². The van der Waals surface area contributed by atoms with Gasteiger partial charge >= 0.3 is 5.97 Å². The van der Waals surface area contributed by atoms with E-state index < -0.39 is 5.97 Å². The van der Waals surface area contributed by atoms with Crippen molar-refractivity contribution in [2.24, 2.45) is 11.8 Å². The monoisotopic (exact) mass is 277 g/mol. The number of carbonyl (C=O) groups excluding carboxylic acids is 3. The van der Waals surface area contributed by atoms with Crippen LogP contribution >= 0.6 is 0 Å². The Kier molecular flexibility index (Phi) is 4.06. The second-order valence-corrected chi connectivity index (χ2v) is 5.31. The van der Waals surface area contributed by atoms with Crippen molar-refractivity contribution in [2.75, 3.05) is 0 Å². The standard InChI is InChI=1S/C15H19NO4/c1-4-12(20-15(19)9(2)3)16-13(17)10-7-5-6-8-11(10)14(16)18/h4,10-11H,2,5-8H2,1,3H3/b12-4+. The van der Waals surface area contributed by atoms with Crippen molar-refractivity contribution in [2.45, 2.75) is 39.5 Å². The fraction of sp³-hybridized carbons (Fsp3) is 0.533. The minimum Gasteiger partial charge on any atom is -0.406 e. The summed E-state index contributed by atoms with van der Waals surface area (Å²) in [5, 5.41) is 0. The van der Waals surface area contributed by atoms with Gasteiger partial charge in [-0.25, -0.2) is 9.69 Å². The fourth-order valence-electron chi connectivity index (χ4n) is 2.80. The van der Waals surface area contributed by atoms with E-state index >= 15 is 0 Å². The number of amides is 2. The van der Waals surface area contributed by atoms with E-state index in [1.807, 2.05) is 0 Å². The summed E-state index contributed by atoms with van der Waals surface area (Å²) in [4.78, 5) is 37.3. The highest BCUT2D eigenvalue weighted by atomic mass is 16.6. The molecule has 1 heterocycles. The van der Waals surface area contributed by atoms with Crippen LogP contribution in [0.3, 0.4) is 0 Å². The highest BCUT2D eigenvalue weighted by Gasteiger charge is 2.50. The zero-order valence-electron chi connectivity index (χ0n) is 11.8. The third-order valence-corrected chi connectivity index (χ3v) is 3.85. The van der Waals surface area contributed by atoms with Gasteiger partial charge in [0.1, 0.15) is 0 Å². The maximum absolute atomic E-state index is 12.4. The zero-order chi connectivity index (χ0) is 14.9. The third kappa shape index (κ3) is 2.40. The Morgan fingerprint density at radius 1 is 1.25 bits per heavy atom. The van der Waals surface area contributed by atoms with E-state index in [-0.39, 0.29) is 35.1 Å². The first-order valence-electron chi connectivity index (χ1n) is 6.89. The summed E-state index contributed by atoms with van der Waals surface area (Å²) in [5.41, 5.74) is 0.223. The lowest BCUT2D eigenvalue weighted by Crippen LogP contribution is -2.32. The summed E-state index contributed by atoms with van der Waals surface area (Å²) < 4.78 is 5.10. The first kappa shape index (κ1) is 14.5. The van der Waals surface area contributed by atoms with E-state index in [4.69, 9.17) is 4.74 Å². The van der Waals surface area contributed by atoms with E-state index in [1.165, 1.54) is 13.0 Å². The Morgan fingerprint density at radius 3 is 2.15 bits per heavy atom. The summed E-state index contributed by atoms with van der Waals surface area (Å²) in [6.45, 7) is 6.63. The van der Waals surface area contributed by atoms with E-state index in [1.54, 1.807) is 6.92 Å². The number of imide groups is 1. The molecule has 2 rings (SSSR count). The van der Waals surface area contributed by atoms with Gasteiger partial charge in [-0.1, -0.05) is 19.4 Å². The SMILES string of the molecule is C=C(C)C(=O)O/C(=C/C)N1C(=O)C2CCCCC2C1=O. The van der Waals surface area contributed by atoms with Gasteiger partial charge in [0.25, 0.3) is 0 Å². The molecule has 1 saturated carbocycles. The van der Waals surface area contributed by atoms with Crippen molar-refractivity contribution in [1.82, 2.24) is 4.90 Å². The predicted octanol–water partition coefficient (Wildman–Crippen LogP) is 2.14. The summed E-state index contributed by atoms with van der Waals surface area (Å²) in [6, 6.07) is 0. The molecule has 0 aromatic heterocycles. The fourth-order valence-corrected chi connectivity index (χ4v) is 2.80. The van der Waals surface area contributed by atoms with Crippen LogP contribution in [0, 0.1) is 11.8 Å². The van der Waals surface area contributed by atoms with Gasteiger partial charge in [-0.2, -0.15) is 0 Å². The van der Waals surface area contributed by atoms with Crippen LogP contribution in [0.4, 0.5) is 0 Å². The normalized spacial score (nSPS) is 26.5. The highest BCUT2D eigenvalue weighted by Crippen LogP contribution is 2.39. The van der Waals surface area contributed by atoms with Crippen molar-refractivity contribution >= 4 is 17.8 Å². The van der Waals surface area contributed by atoms with Gasteiger partial charge in [0.15, 0.2) is 0 Å². The van der Waals surface area contributed by atoms with Crippen LogP contribution in [-0.2, 0) is 19.1 Å². The van der Waals surface area contributed by atoms with Crippen molar-refractivity contribution in [3.63, 3.8) is 0 Å². The first-order valence-corrected chi connectivity index (χ1v) is 6.89. The van der Waals surface area contributed by atoms with Crippen molar-refractivity contribution < 1.29 is 19.1 Å². The zero-order valence-corrected chi connectivity index (χ0v) is 11.8. The Morgan fingerprint density at radius 2 is 1.75 bits per heavy atom. The highest BCUT2D eigenvalue weighted by molar-refractivity contribution is 6.07. The number of hydrogen-bond donors (Lipinski definition) is 0. The molecule has 0 N–H and O–H groups in total. The average Bonchev–Trinajstić information content (AvgIpc) is 2.69. The summed E-state index contributed by atoms with van der Waals surface area (Å²) >= 11 is 0. The molecule has 108 valence electrons. The molecule has 0 bridgehead atoms. The molecule has 2 atom stereocenters. The topological polar surface area (TPSA) is 63.7 Å². The molecule has 5 nitrogen and oxygen atoms in total. The van der Waals surface area contributed by atoms with Crippen molar-refractivity contribution in [3.05, 3.63) is 24.1 Å². The molecule has 1 aliphatic heterocycles. The van der Waals surface area contributed by atoms with Crippen LogP contribution in [-0.4, -0.2) is 22.7 Å². The van der Waals surface area contributed by atoms with Crippen LogP contribution in [0.25, 0.3) is 0 Å². The van der Waals surface area contributed by atoms with Gasteiger partial charge in [0.05, 0.1) is 11.8 Å². The van der Waals surface area contributed by atoms with Crippen LogP contribution in [0.1, 0.15) is 39.5 Å². The molecular formula is C15H19NO4. The Labute approximate surface area is 118 Å². The number of likely N-dealkylation sites (tertiary alicyclic amines) is 1. The molecule has 2 amide bonds. The molecule has 0 spiro atoms. The number of esters is 1. The second kappa shape index (κ2) is 5.61. The van der Waals surface area contributed by atoms with Crippen LogP contribution in [0.2, 0.25) is 0 Å². The van der Waals surface area contributed by atoms with Crippen LogP contribution in [0.5, 0.6) is 0 Å². The average molecular weight is 277 g/mol. The molecule has 0 radical (unpaired) electrons. The third-order valence-electron chi connectivity index (χ3n) is 3.85. The van der Waals surface area contributed by atoms with E-state index in [9.17, 15) is 14.4 Å². The van der Waals surface area contributed by atoms with Gasteiger partial charge in [-0.05, 0) is 32.8 Å². The molecule has 2 aliphatic rings. The number of hydrogen-bond acceptors (Lipinski definition) is 4. The molecule has 0 aromatic carbocycles. The predicted molar refractivity (Wildman–Crippen MR) is 72.0 cm³/mol. The quantitative estimate of drug-likeness (QED) is 0.343. The minimum atomic E-state index is -0.631. The lowest BCUT2D eigenvalue weighted by atomic mass is 9.81. The number of fused-ring (bicyclic) bond motifs is 1. The van der Waals surface area contributed by atoms with Crippen molar-refractivity contribution in [3.8, 4) is 0 Å². The molecule has 1 saturated heterocycles. The lowest BCUT2D eigenvalue weighted by molar-refractivity contribution is -0.145. The lowest BCUT2D eigenvalue weighted by Gasteiger charge is -2.19. The molecule has 1 aliphatic carbocycles. The van der Waals surface area contributed by atoms with E-state index in [2.05, 4.69) is 6.58 Å². The molecule has 20 heavy (non-hydrogen) atoms. The maximum atomic E-state index is 12.4. The Hall–Kier alpha value is -1.91. The number of carbonyl (C=O) groups is 3.